The van der Waals surface area contributed by atoms with Crippen molar-refractivity contribution in [1.82, 2.24) is 0 Å². The highest BCUT2D eigenvalue weighted by molar-refractivity contribution is 5.69. The molecule has 9 heteroatoms. The first kappa shape index (κ1) is 18.9. The largest absolute Gasteiger partial charge is 0.461 e. The van der Waals surface area contributed by atoms with Gasteiger partial charge in [-0.15, -0.1) is 0 Å². The van der Waals surface area contributed by atoms with Crippen LogP contribution in [0.25, 0.3) is 0 Å². The molecule has 0 aromatic heterocycles. The van der Waals surface area contributed by atoms with E-state index in [1.54, 1.807) is 0 Å². The number of ether oxygens (including phenoxy) is 5. The van der Waals surface area contributed by atoms with E-state index in [-0.39, 0.29) is 13.2 Å². The molecular formula is C16H20O9. The molecule has 0 aromatic rings. The molecule has 138 valence electrons. The second-order valence-electron chi connectivity index (χ2n) is 5.74. The molecule has 2 aliphatic rings. The van der Waals surface area contributed by atoms with E-state index < -0.39 is 48.3 Å². The molecule has 0 saturated carbocycles. The van der Waals surface area contributed by atoms with Crippen molar-refractivity contribution in [1.29, 1.82) is 0 Å². The molecule has 2 heterocycles. The number of esters is 4. The summed E-state index contributed by atoms with van der Waals surface area (Å²) in [6, 6.07) is 0. The molecule has 0 N–H and O–H groups in total. The molecule has 4 atom stereocenters. The van der Waals surface area contributed by atoms with Gasteiger partial charge in [-0.05, 0) is 0 Å². The van der Waals surface area contributed by atoms with E-state index in [0.717, 1.165) is 0 Å². The summed E-state index contributed by atoms with van der Waals surface area (Å²) in [5.74, 6) is -2.12. The number of carbonyl (C=O) groups is 4. The summed E-state index contributed by atoms with van der Waals surface area (Å²) in [5, 5.41) is 0. The van der Waals surface area contributed by atoms with Gasteiger partial charge in [-0.3, -0.25) is 19.2 Å². The van der Waals surface area contributed by atoms with Crippen LogP contribution in [0.5, 0.6) is 0 Å². The molecule has 25 heavy (non-hydrogen) atoms. The molecular weight excluding hydrogens is 336 g/mol. The number of fused-ring (bicyclic) bond motifs is 2. The van der Waals surface area contributed by atoms with Crippen LogP contribution in [0.15, 0.2) is 11.1 Å². The van der Waals surface area contributed by atoms with Gasteiger partial charge in [0.05, 0.1) is 0 Å². The van der Waals surface area contributed by atoms with Gasteiger partial charge in [-0.1, -0.05) is 0 Å². The summed E-state index contributed by atoms with van der Waals surface area (Å²) in [4.78, 5) is 45.0. The average molecular weight is 356 g/mol. The third-order valence-corrected chi connectivity index (χ3v) is 3.78. The van der Waals surface area contributed by atoms with Crippen LogP contribution in [0.3, 0.4) is 0 Å². The van der Waals surface area contributed by atoms with Crippen LogP contribution >= 0.6 is 0 Å². The maximum atomic E-state index is 11.4. The standard InChI is InChI=1S/C16H20O9/c1-7(17)21-5-11-12(6-22-8(2)18)14-16(24-10(4)20)15(13(11)25-14)23-9(3)19/h13-16H,5-6H2,1-4H3/t13-,14-,15-,16-/m1/s1. The molecule has 0 amide bonds. The van der Waals surface area contributed by atoms with Crippen LogP contribution in [-0.2, 0) is 42.9 Å². The van der Waals surface area contributed by atoms with E-state index in [2.05, 4.69) is 0 Å². The van der Waals surface area contributed by atoms with Crippen molar-refractivity contribution >= 4 is 23.9 Å². The Morgan fingerprint density at radius 2 is 1.08 bits per heavy atom. The van der Waals surface area contributed by atoms with Gasteiger partial charge in [0.15, 0.2) is 12.2 Å². The summed E-state index contributed by atoms with van der Waals surface area (Å²) >= 11 is 0. The van der Waals surface area contributed by atoms with Crippen LogP contribution < -0.4 is 0 Å². The van der Waals surface area contributed by atoms with Crippen molar-refractivity contribution in [2.24, 2.45) is 0 Å². The van der Waals surface area contributed by atoms with Crippen LogP contribution in [0.2, 0.25) is 0 Å². The van der Waals surface area contributed by atoms with E-state index in [0.29, 0.717) is 11.1 Å². The van der Waals surface area contributed by atoms with Gasteiger partial charge in [0.25, 0.3) is 0 Å². The Hall–Kier alpha value is -2.42. The van der Waals surface area contributed by atoms with Crippen molar-refractivity contribution in [2.45, 2.75) is 52.1 Å². The summed E-state index contributed by atoms with van der Waals surface area (Å²) in [6.45, 7) is 4.77. The van der Waals surface area contributed by atoms with Gasteiger partial charge in [-0.2, -0.15) is 0 Å². The minimum absolute atomic E-state index is 0.0995. The molecule has 9 nitrogen and oxygen atoms in total. The highest BCUT2D eigenvalue weighted by Crippen LogP contribution is 2.43. The lowest BCUT2D eigenvalue weighted by molar-refractivity contribution is -0.164. The smallest absolute Gasteiger partial charge is 0.303 e. The number of hydrogen-bond donors (Lipinski definition) is 0. The van der Waals surface area contributed by atoms with E-state index in [1.165, 1.54) is 27.7 Å². The molecule has 2 rings (SSSR count). The van der Waals surface area contributed by atoms with E-state index in [9.17, 15) is 19.2 Å². The second-order valence-corrected chi connectivity index (χ2v) is 5.74. The average Bonchev–Trinajstić information content (AvgIpc) is 2.98. The van der Waals surface area contributed by atoms with Crippen LogP contribution in [-0.4, -0.2) is 61.5 Å². The maximum Gasteiger partial charge on any atom is 0.303 e. The third kappa shape index (κ3) is 4.36. The summed E-state index contributed by atoms with van der Waals surface area (Å²) in [7, 11) is 0. The van der Waals surface area contributed by atoms with Crippen molar-refractivity contribution < 1.29 is 42.9 Å². The minimum atomic E-state index is -0.863. The minimum Gasteiger partial charge on any atom is -0.461 e. The van der Waals surface area contributed by atoms with Crippen molar-refractivity contribution in [3.05, 3.63) is 11.1 Å². The van der Waals surface area contributed by atoms with Crippen molar-refractivity contribution in [2.75, 3.05) is 13.2 Å². The monoisotopic (exact) mass is 356 g/mol. The van der Waals surface area contributed by atoms with Gasteiger partial charge in [-0.25, -0.2) is 0 Å². The Morgan fingerprint density at radius 1 is 0.720 bits per heavy atom. The van der Waals surface area contributed by atoms with E-state index in [1.807, 2.05) is 0 Å². The Labute approximate surface area is 144 Å². The number of hydrogen-bond acceptors (Lipinski definition) is 9. The molecule has 0 aliphatic carbocycles. The zero-order valence-electron chi connectivity index (χ0n) is 14.4. The highest BCUT2D eigenvalue weighted by atomic mass is 16.6. The first-order chi connectivity index (χ1) is 11.7. The Bertz CT molecular complexity index is 569. The fraction of sp³-hybridized carbons (Fsp3) is 0.625. The molecule has 0 unspecified atom stereocenters. The Balaban J connectivity index is 2.32. The quantitative estimate of drug-likeness (QED) is 0.370. The SMILES string of the molecule is CC(=O)OCC1=C(COC(C)=O)[C@H]2O[C@H]1[C@@H](OC(C)=O)[C@@H]2OC(C)=O. The molecule has 2 aliphatic heterocycles. The molecule has 0 spiro atoms. The number of carbonyl (C=O) groups excluding carboxylic acids is 4. The fourth-order valence-corrected chi connectivity index (χ4v) is 2.93. The zero-order chi connectivity index (χ0) is 18.7. The third-order valence-electron chi connectivity index (χ3n) is 3.78. The Morgan fingerprint density at radius 3 is 1.36 bits per heavy atom. The van der Waals surface area contributed by atoms with Gasteiger partial charge in [0.2, 0.25) is 0 Å². The first-order valence-electron chi connectivity index (χ1n) is 7.69. The highest BCUT2D eigenvalue weighted by Gasteiger charge is 2.57. The van der Waals surface area contributed by atoms with Crippen LogP contribution in [0, 0.1) is 0 Å². The number of rotatable bonds is 6. The van der Waals surface area contributed by atoms with Crippen molar-refractivity contribution in [3.8, 4) is 0 Å². The van der Waals surface area contributed by atoms with E-state index in [4.69, 9.17) is 23.7 Å². The van der Waals surface area contributed by atoms with Crippen LogP contribution in [0.4, 0.5) is 0 Å². The summed E-state index contributed by atoms with van der Waals surface area (Å²) in [5.41, 5.74) is 1.08. The zero-order valence-corrected chi connectivity index (χ0v) is 14.4. The van der Waals surface area contributed by atoms with Gasteiger partial charge in [0.1, 0.15) is 25.4 Å². The van der Waals surface area contributed by atoms with Crippen LogP contribution in [0.1, 0.15) is 27.7 Å². The Kier molecular flexibility index (Phi) is 5.78. The molecule has 1 saturated heterocycles. The summed E-state index contributed by atoms with van der Waals surface area (Å²) in [6.07, 6.45) is -3.22. The predicted octanol–water partition coefficient (Wildman–Crippen LogP) is 0.0536. The first-order valence-corrected chi connectivity index (χ1v) is 7.69. The van der Waals surface area contributed by atoms with Crippen molar-refractivity contribution in [3.63, 3.8) is 0 Å². The second kappa shape index (κ2) is 7.64. The van der Waals surface area contributed by atoms with Gasteiger partial charge < -0.3 is 23.7 Å². The molecule has 1 fully saturated rings. The molecule has 0 aromatic carbocycles. The fourth-order valence-electron chi connectivity index (χ4n) is 2.93. The lowest BCUT2D eigenvalue weighted by Crippen LogP contribution is -2.45. The summed E-state index contributed by atoms with van der Waals surface area (Å²) < 4.78 is 26.3. The lowest BCUT2D eigenvalue weighted by Gasteiger charge is -2.29. The molecule has 0 radical (unpaired) electrons. The van der Waals surface area contributed by atoms with E-state index >= 15 is 0 Å². The van der Waals surface area contributed by atoms with Gasteiger partial charge in [0, 0.05) is 38.8 Å². The topological polar surface area (TPSA) is 114 Å². The predicted molar refractivity (Wildman–Crippen MR) is 80.1 cm³/mol. The van der Waals surface area contributed by atoms with Gasteiger partial charge >= 0.3 is 23.9 Å². The molecule has 2 bridgehead atoms. The normalized spacial score (nSPS) is 27.0. The maximum absolute atomic E-state index is 11.4. The lowest BCUT2D eigenvalue weighted by atomic mass is 9.88.